The van der Waals surface area contributed by atoms with E-state index in [1.54, 1.807) is 44.4 Å². The number of carbonyl (C=O) groups excluding carboxylic acids is 2. The van der Waals surface area contributed by atoms with Crippen molar-refractivity contribution in [3.8, 4) is 28.3 Å². The molecule has 10 heteroatoms. The summed E-state index contributed by atoms with van der Waals surface area (Å²) < 4.78 is 16.3. The maximum absolute atomic E-state index is 13.2. The van der Waals surface area contributed by atoms with Gasteiger partial charge in [0, 0.05) is 36.8 Å². The smallest absolute Gasteiger partial charge is 0.414 e. The van der Waals surface area contributed by atoms with Gasteiger partial charge in [0.25, 0.3) is 5.91 Å². The molecule has 0 atom stereocenters. The minimum Gasteiger partial charge on any atom is -0.495 e. The predicted molar refractivity (Wildman–Crippen MR) is 168 cm³/mol. The first-order chi connectivity index (χ1) is 20.3. The van der Waals surface area contributed by atoms with Gasteiger partial charge in [-0.3, -0.25) is 9.69 Å². The monoisotopic (exact) mass is 585 g/mol. The number of carbonyl (C=O) groups is 2. The number of hydrogen-bond donors (Lipinski definition) is 1. The van der Waals surface area contributed by atoms with E-state index in [0.29, 0.717) is 47.5 Å². The molecule has 0 aliphatic carbocycles. The van der Waals surface area contributed by atoms with Gasteiger partial charge in [0.15, 0.2) is 0 Å². The number of benzene rings is 3. The van der Waals surface area contributed by atoms with Crippen LogP contribution in [-0.2, 0) is 4.74 Å². The van der Waals surface area contributed by atoms with Crippen molar-refractivity contribution >= 4 is 23.4 Å². The summed E-state index contributed by atoms with van der Waals surface area (Å²) in [6, 6.07) is 18.6. The Balaban J connectivity index is 1.54. The van der Waals surface area contributed by atoms with Crippen molar-refractivity contribution < 1.29 is 23.6 Å². The van der Waals surface area contributed by atoms with E-state index < -0.39 is 11.7 Å². The van der Waals surface area contributed by atoms with E-state index in [0.717, 1.165) is 22.3 Å². The fourth-order valence-corrected chi connectivity index (χ4v) is 4.45. The lowest BCUT2D eigenvalue weighted by molar-refractivity contribution is 0.0577. The third kappa shape index (κ3) is 7.98. The Hall–Kier alpha value is -4.70. The molecule has 0 spiro atoms. The Bertz CT molecular complexity index is 1590. The molecule has 1 aromatic heterocycles. The van der Waals surface area contributed by atoms with Crippen molar-refractivity contribution in [2.75, 3.05) is 44.5 Å². The normalized spacial score (nSPS) is 11.4. The van der Waals surface area contributed by atoms with Crippen LogP contribution in [0.15, 0.2) is 65.2 Å². The van der Waals surface area contributed by atoms with Crippen molar-refractivity contribution in [1.29, 1.82) is 0 Å². The van der Waals surface area contributed by atoms with Crippen LogP contribution in [-0.4, -0.2) is 66.9 Å². The first-order valence-corrected chi connectivity index (χ1v) is 14.0. The van der Waals surface area contributed by atoms with E-state index in [4.69, 9.17) is 14.0 Å². The van der Waals surface area contributed by atoms with Crippen molar-refractivity contribution in [1.82, 2.24) is 15.0 Å². The van der Waals surface area contributed by atoms with Crippen molar-refractivity contribution in [3.63, 3.8) is 0 Å². The van der Waals surface area contributed by atoms with Gasteiger partial charge in [-0.2, -0.15) is 4.98 Å². The molecule has 0 radical (unpaired) electrons. The lowest BCUT2D eigenvalue weighted by Crippen LogP contribution is -2.40. The maximum atomic E-state index is 13.2. The second-order valence-electron chi connectivity index (χ2n) is 11.5. The van der Waals surface area contributed by atoms with Crippen LogP contribution in [0, 0.1) is 13.8 Å². The number of rotatable bonds is 9. The van der Waals surface area contributed by atoms with E-state index in [1.165, 1.54) is 4.90 Å². The van der Waals surface area contributed by atoms with E-state index in [1.807, 2.05) is 77.0 Å². The highest BCUT2D eigenvalue weighted by Crippen LogP contribution is 2.33. The number of aryl methyl sites for hydroxylation is 2. The Kier molecular flexibility index (Phi) is 9.50. The molecule has 0 unspecified atom stereocenters. The molecule has 4 rings (SSSR count). The topological polar surface area (TPSA) is 110 Å². The third-order valence-electron chi connectivity index (χ3n) is 6.58. The lowest BCUT2D eigenvalue weighted by Gasteiger charge is -2.29. The van der Waals surface area contributed by atoms with E-state index in [2.05, 4.69) is 15.5 Å². The van der Waals surface area contributed by atoms with Gasteiger partial charge in [0.1, 0.15) is 11.4 Å². The number of ether oxygens (including phenoxy) is 2. The maximum Gasteiger partial charge on any atom is 0.414 e. The minimum absolute atomic E-state index is 0.278. The van der Waals surface area contributed by atoms with Crippen LogP contribution in [0.1, 0.15) is 42.6 Å². The first-order valence-electron chi connectivity index (χ1n) is 14.0. The standard InChI is InChI=1S/C33H39N5O5/c1-21-19-25(30-34-22(2)43-36-30)13-15-27(21)23-9-11-24(12-10-23)31(39)35-26-14-16-29(41-8)28(20-26)38(18-17-37(6)7)32(40)42-33(3,4)5/h9-16,19-20H,17-18H2,1-8H3,(H,35,39). The van der Waals surface area contributed by atoms with Gasteiger partial charge in [-0.1, -0.05) is 29.4 Å². The summed E-state index contributed by atoms with van der Waals surface area (Å²) >= 11 is 0. The number of hydrogen-bond acceptors (Lipinski definition) is 8. The van der Waals surface area contributed by atoms with Crippen LogP contribution in [0.25, 0.3) is 22.5 Å². The Labute approximate surface area is 252 Å². The average molecular weight is 586 g/mol. The fraction of sp³-hybridized carbons (Fsp3) is 0.333. The van der Waals surface area contributed by atoms with Gasteiger partial charge < -0.3 is 24.2 Å². The minimum atomic E-state index is -0.674. The zero-order valence-corrected chi connectivity index (χ0v) is 26.0. The van der Waals surface area contributed by atoms with Crippen LogP contribution in [0.4, 0.5) is 16.2 Å². The molecule has 4 aromatic rings. The second-order valence-corrected chi connectivity index (χ2v) is 11.5. The molecule has 2 amide bonds. The van der Waals surface area contributed by atoms with Gasteiger partial charge in [0.05, 0.1) is 12.8 Å². The molecule has 0 saturated carbocycles. The number of nitrogens with zero attached hydrogens (tertiary/aromatic N) is 4. The zero-order valence-electron chi connectivity index (χ0n) is 26.0. The third-order valence-corrected chi connectivity index (χ3v) is 6.58. The average Bonchev–Trinajstić information content (AvgIpc) is 3.38. The number of amides is 2. The van der Waals surface area contributed by atoms with Crippen LogP contribution >= 0.6 is 0 Å². The second kappa shape index (κ2) is 13.1. The quantitative estimate of drug-likeness (QED) is 0.234. The largest absolute Gasteiger partial charge is 0.495 e. The van der Waals surface area contributed by atoms with Gasteiger partial charge in [-0.25, -0.2) is 4.79 Å². The van der Waals surface area contributed by atoms with Crippen LogP contribution in [0.2, 0.25) is 0 Å². The SMILES string of the molecule is COc1ccc(NC(=O)c2ccc(-c3ccc(-c4noc(C)n4)cc3C)cc2)cc1N(CCN(C)C)C(=O)OC(C)(C)C. The van der Waals surface area contributed by atoms with Crippen LogP contribution in [0.5, 0.6) is 5.75 Å². The number of likely N-dealkylation sites (N-methyl/N-ethyl adjacent to an activating group) is 1. The molecule has 1 heterocycles. The number of anilines is 2. The summed E-state index contributed by atoms with van der Waals surface area (Å²) in [5, 5.41) is 6.94. The number of aromatic nitrogens is 2. The molecular weight excluding hydrogens is 546 g/mol. The highest BCUT2D eigenvalue weighted by molar-refractivity contribution is 6.05. The van der Waals surface area contributed by atoms with Crippen molar-refractivity contribution in [3.05, 3.63) is 77.7 Å². The summed E-state index contributed by atoms with van der Waals surface area (Å²) in [5.41, 5.74) is 4.78. The fourth-order valence-electron chi connectivity index (χ4n) is 4.45. The molecule has 3 aromatic carbocycles. The first kappa shape index (κ1) is 31.2. The molecule has 1 N–H and O–H groups in total. The Morgan fingerprint density at radius 3 is 2.21 bits per heavy atom. The highest BCUT2D eigenvalue weighted by atomic mass is 16.6. The summed E-state index contributed by atoms with van der Waals surface area (Å²) in [6.07, 6.45) is -0.498. The van der Waals surface area contributed by atoms with E-state index >= 15 is 0 Å². The van der Waals surface area contributed by atoms with Gasteiger partial charge in [-0.15, -0.1) is 0 Å². The summed E-state index contributed by atoms with van der Waals surface area (Å²) in [4.78, 5) is 34.2. The Morgan fingerprint density at radius 1 is 0.930 bits per heavy atom. The molecule has 0 fully saturated rings. The van der Waals surface area contributed by atoms with E-state index in [9.17, 15) is 9.59 Å². The molecular formula is C33H39N5O5. The van der Waals surface area contributed by atoms with E-state index in [-0.39, 0.29) is 5.91 Å². The van der Waals surface area contributed by atoms with Crippen molar-refractivity contribution in [2.24, 2.45) is 0 Å². The molecule has 0 bridgehead atoms. The van der Waals surface area contributed by atoms with Crippen LogP contribution < -0.4 is 15.0 Å². The number of methoxy groups -OCH3 is 1. The van der Waals surface area contributed by atoms with Gasteiger partial charge in [0.2, 0.25) is 11.7 Å². The summed E-state index contributed by atoms with van der Waals surface area (Å²) in [6.45, 7) is 10.2. The number of nitrogens with one attached hydrogen (secondary N) is 1. The lowest BCUT2D eigenvalue weighted by atomic mass is 9.97. The molecule has 226 valence electrons. The highest BCUT2D eigenvalue weighted by Gasteiger charge is 2.26. The summed E-state index contributed by atoms with van der Waals surface area (Å²) in [5.74, 6) is 1.27. The van der Waals surface area contributed by atoms with Crippen LogP contribution in [0.3, 0.4) is 0 Å². The molecule has 0 aliphatic heterocycles. The van der Waals surface area contributed by atoms with Gasteiger partial charge in [-0.05, 0) is 94.9 Å². The van der Waals surface area contributed by atoms with Gasteiger partial charge >= 0.3 is 6.09 Å². The molecule has 10 nitrogen and oxygen atoms in total. The predicted octanol–water partition coefficient (Wildman–Crippen LogP) is 6.58. The molecule has 0 aliphatic rings. The zero-order chi connectivity index (χ0) is 31.3. The summed E-state index contributed by atoms with van der Waals surface area (Å²) in [7, 11) is 5.40. The Morgan fingerprint density at radius 2 is 1.63 bits per heavy atom. The molecule has 0 saturated heterocycles. The molecule has 43 heavy (non-hydrogen) atoms. The van der Waals surface area contributed by atoms with Crippen molar-refractivity contribution in [2.45, 2.75) is 40.2 Å².